The smallest absolute Gasteiger partial charge is 0.420 e. The molecule has 0 radical (unpaired) electrons. The highest BCUT2D eigenvalue weighted by Gasteiger charge is 2.39. The van der Waals surface area contributed by atoms with Gasteiger partial charge in [0, 0.05) is 24.7 Å². The van der Waals surface area contributed by atoms with Crippen molar-refractivity contribution in [1.29, 1.82) is 0 Å². The zero-order valence-electron chi connectivity index (χ0n) is 23.8. The average Bonchev–Trinajstić information content (AvgIpc) is 3.01. The summed E-state index contributed by atoms with van der Waals surface area (Å²) in [5.74, 6) is -3.31. The number of alkyl halides is 4. The van der Waals surface area contributed by atoms with Crippen LogP contribution in [-0.4, -0.2) is 31.3 Å². The van der Waals surface area contributed by atoms with Gasteiger partial charge in [-0.2, -0.15) is 13.2 Å². The van der Waals surface area contributed by atoms with Crippen molar-refractivity contribution >= 4 is 17.4 Å². The molecule has 3 aromatic rings. The van der Waals surface area contributed by atoms with Crippen molar-refractivity contribution in [3.05, 3.63) is 88.5 Å². The Morgan fingerprint density at radius 2 is 1.47 bits per heavy atom. The van der Waals surface area contributed by atoms with Gasteiger partial charge in [-0.25, -0.2) is 8.78 Å². The molecule has 1 saturated carbocycles. The fourth-order valence-corrected chi connectivity index (χ4v) is 5.77. The van der Waals surface area contributed by atoms with Gasteiger partial charge < -0.3 is 9.84 Å². The minimum absolute atomic E-state index is 0.000702. The Kier molecular flexibility index (Phi) is 10.7. The van der Waals surface area contributed by atoms with Crippen LogP contribution in [0.1, 0.15) is 83.5 Å². The van der Waals surface area contributed by atoms with E-state index in [2.05, 4.69) is 0 Å². The average molecular weight is 605 g/mol. The molecule has 0 saturated heterocycles. The molecule has 230 valence electrons. The summed E-state index contributed by atoms with van der Waals surface area (Å²) in [6, 6.07) is 13.5. The van der Waals surface area contributed by atoms with Crippen molar-refractivity contribution < 1.29 is 41.0 Å². The molecule has 1 aliphatic rings. The normalized spacial score (nSPS) is 17.9. The monoisotopic (exact) mass is 604 g/mol. The first-order valence-corrected chi connectivity index (χ1v) is 14.3. The van der Waals surface area contributed by atoms with Gasteiger partial charge in [-0.1, -0.05) is 54.6 Å². The topological polar surface area (TPSA) is 46.5 Å². The molecule has 1 aliphatic carbocycles. The Labute approximate surface area is 247 Å². The summed E-state index contributed by atoms with van der Waals surface area (Å²) in [5, 5.41) is 10.4. The summed E-state index contributed by atoms with van der Waals surface area (Å²) in [7, 11) is 1.34. The molecule has 43 heavy (non-hydrogen) atoms. The Morgan fingerprint density at radius 3 is 2.00 bits per heavy atom. The number of ketones is 1. The highest BCUT2D eigenvalue weighted by molar-refractivity contribution is 6.00. The van der Waals surface area contributed by atoms with E-state index in [1.807, 2.05) is 0 Å². The fourth-order valence-electron chi connectivity index (χ4n) is 5.77. The number of ether oxygens (including phenoxy) is 1. The van der Waals surface area contributed by atoms with E-state index in [0.717, 1.165) is 61.9 Å². The minimum Gasteiger partial charge on any atom is -0.507 e. The largest absolute Gasteiger partial charge is 0.507 e. The van der Waals surface area contributed by atoms with E-state index in [1.54, 1.807) is 12.1 Å². The highest BCUT2D eigenvalue weighted by atomic mass is 19.4. The van der Waals surface area contributed by atoms with Crippen LogP contribution in [0, 0.1) is 5.92 Å². The third-order valence-corrected chi connectivity index (χ3v) is 8.17. The molecule has 1 N–H and O–H groups in total. The number of hydrogen-bond acceptors (Lipinski definition) is 3. The number of methoxy groups -OCH3 is 1. The maximum Gasteiger partial charge on any atom is 0.420 e. The number of aromatic hydroxyl groups is 1. The fraction of sp³-hybridized carbons (Fsp3) is 0.382. The molecule has 0 amide bonds. The number of Topliss-reactive ketones (excluding diaryl/α,β-unsaturated/α-hetero) is 1. The van der Waals surface area contributed by atoms with Crippen LogP contribution in [0.4, 0.5) is 26.3 Å². The number of benzene rings is 3. The van der Waals surface area contributed by atoms with Crippen LogP contribution in [0.3, 0.4) is 0 Å². The van der Waals surface area contributed by atoms with Gasteiger partial charge in [-0.15, -0.1) is 0 Å². The van der Waals surface area contributed by atoms with Gasteiger partial charge in [0.05, 0.1) is 18.8 Å². The molecule has 0 unspecified atom stereocenters. The summed E-state index contributed by atoms with van der Waals surface area (Å²) in [4.78, 5) is 12.3. The second kappa shape index (κ2) is 14.3. The third kappa shape index (κ3) is 7.68. The summed E-state index contributed by atoms with van der Waals surface area (Å²) in [5.41, 5.74) is -1.36. The molecule has 3 aromatic carbocycles. The van der Waals surface area contributed by atoms with E-state index >= 15 is 8.78 Å². The van der Waals surface area contributed by atoms with Crippen LogP contribution < -0.4 is 0 Å². The predicted molar refractivity (Wildman–Crippen MR) is 155 cm³/mol. The van der Waals surface area contributed by atoms with Gasteiger partial charge in [0.1, 0.15) is 11.3 Å². The molecule has 0 bridgehead atoms. The third-order valence-electron chi connectivity index (χ3n) is 8.17. The summed E-state index contributed by atoms with van der Waals surface area (Å²) in [6.45, 7) is -0.315. The maximum atomic E-state index is 15.1. The number of carbonyl (C=O) groups excluding carboxylic acids is 1. The number of phenols is 1. The number of carbonyl (C=O) groups is 1. The van der Waals surface area contributed by atoms with Gasteiger partial charge in [-0.05, 0) is 73.1 Å². The second-order valence-electron chi connectivity index (χ2n) is 10.9. The first kappa shape index (κ1) is 32.3. The van der Waals surface area contributed by atoms with Crippen molar-refractivity contribution in [3.63, 3.8) is 0 Å². The molecule has 0 heterocycles. The van der Waals surface area contributed by atoms with E-state index in [0.29, 0.717) is 18.3 Å². The lowest BCUT2D eigenvalue weighted by Gasteiger charge is -2.28. The molecule has 0 atom stereocenters. The van der Waals surface area contributed by atoms with E-state index < -0.39 is 46.1 Å². The van der Waals surface area contributed by atoms with E-state index in [9.17, 15) is 27.5 Å². The van der Waals surface area contributed by atoms with Crippen molar-refractivity contribution in [2.24, 2.45) is 5.92 Å². The molecule has 0 aliphatic heterocycles. The van der Waals surface area contributed by atoms with Crippen LogP contribution in [0.2, 0.25) is 0 Å². The zero-order chi connectivity index (χ0) is 31.1. The number of rotatable bonds is 11. The molecule has 4 rings (SSSR count). The summed E-state index contributed by atoms with van der Waals surface area (Å²) < 4.78 is 89.4. The van der Waals surface area contributed by atoms with Crippen LogP contribution in [0.5, 0.6) is 5.75 Å². The maximum absolute atomic E-state index is 15.1. The number of hydrogen-bond donors (Lipinski definition) is 1. The molecular formula is C34H34F6O3. The van der Waals surface area contributed by atoms with Crippen LogP contribution >= 0.6 is 0 Å². The number of halogens is 6. The molecule has 9 heteroatoms. The van der Waals surface area contributed by atoms with Gasteiger partial charge in [-0.3, -0.25) is 9.18 Å². The van der Waals surface area contributed by atoms with Crippen molar-refractivity contribution in [1.82, 2.24) is 0 Å². The van der Waals surface area contributed by atoms with Gasteiger partial charge in [0.25, 0.3) is 0 Å². The molecule has 1 fully saturated rings. The zero-order valence-corrected chi connectivity index (χ0v) is 23.8. The van der Waals surface area contributed by atoms with Crippen molar-refractivity contribution in [2.45, 2.75) is 57.0 Å². The lowest BCUT2D eigenvalue weighted by Crippen LogP contribution is -2.13. The van der Waals surface area contributed by atoms with Crippen LogP contribution in [-0.2, 0) is 10.9 Å². The molecule has 0 spiro atoms. The predicted octanol–water partition coefficient (Wildman–Crippen LogP) is 10.1. The van der Waals surface area contributed by atoms with Crippen molar-refractivity contribution in [3.8, 4) is 16.9 Å². The van der Waals surface area contributed by atoms with E-state index in [4.69, 9.17) is 4.74 Å². The van der Waals surface area contributed by atoms with Crippen LogP contribution in [0.15, 0.2) is 60.7 Å². The second-order valence-corrected chi connectivity index (χ2v) is 10.9. The first-order chi connectivity index (χ1) is 20.5. The molecule has 3 nitrogen and oxygen atoms in total. The van der Waals surface area contributed by atoms with E-state index in [1.165, 1.54) is 31.4 Å². The van der Waals surface area contributed by atoms with Crippen LogP contribution in [0.25, 0.3) is 22.8 Å². The minimum atomic E-state index is -4.99. The first-order valence-electron chi connectivity index (χ1n) is 14.3. The molecular weight excluding hydrogens is 570 g/mol. The Balaban J connectivity index is 1.53. The highest BCUT2D eigenvalue weighted by Crippen LogP contribution is 2.45. The summed E-state index contributed by atoms with van der Waals surface area (Å²) in [6.07, 6.45) is 0.261. The Hall–Kier alpha value is -3.59. The van der Waals surface area contributed by atoms with Gasteiger partial charge in [0.15, 0.2) is 17.4 Å². The lowest BCUT2D eigenvalue weighted by atomic mass is 9.77. The lowest BCUT2D eigenvalue weighted by molar-refractivity contribution is -0.138. The SMILES string of the molecule is COCCC(=O)c1ccc(-c2ccc(C(F)=C(F)c3ccc(C4CCC(CCCF)CC4)cc3)cc2)c(C(F)(F)F)c1O. The van der Waals surface area contributed by atoms with Crippen molar-refractivity contribution in [2.75, 3.05) is 20.4 Å². The molecule has 0 aromatic heterocycles. The number of phenolic OH excluding ortho intramolecular Hbond substituents is 1. The van der Waals surface area contributed by atoms with E-state index in [-0.39, 0.29) is 36.4 Å². The summed E-state index contributed by atoms with van der Waals surface area (Å²) >= 11 is 0. The standard InChI is InChI=1S/C34H34F6O3/c1-43-20-18-29(41)28-17-16-27(30(33(28)42)34(38,39)40)24-10-14-26(15-11-24)32(37)31(36)25-12-8-23(9-13-25)22-6-4-21(5-7-22)3-2-19-35/h8-17,21-22,42H,2-7,18-20H2,1H3. The quantitative estimate of drug-likeness (QED) is 0.135. The van der Waals surface area contributed by atoms with Gasteiger partial charge >= 0.3 is 6.18 Å². The Morgan fingerprint density at radius 1 is 0.884 bits per heavy atom. The van der Waals surface area contributed by atoms with Gasteiger partial charge in [0.2, 0.25) is 0 Å². The Bertz CT molecular complexity index is 1420.